The van der Waals surface area contributed by atoms with Crippen molar-refractivity contribution in [1.29, 1.82) is 0 Å². The largest absolute Gasteiger partial charge is 0.471 e. The van der Waals surface area contributed by atoms with Crippen molar-refractivity contribution < 1.29 is 26.9 Å². The summed E-state index contributed by atoms with van der Waals surface area (Å²) in [6.07, 6.45) is -4.66. The van der Waals surface area contributed by atoms with Crippen molar-refractivity contribution in [2.24, 2.45) is 0 Å². The highest BCUT2D eigenvalue weighted by Crippen LogP contribution is 2.27. The molecular weight excluding hydrogens is 344 g/mol. The van der Waals surface area contributed by atoms with E-state index in [0.717, 1.165) is 5.56 Å². The van der Waals surface area contributed by atoms with E-state index in [4.69, 9.17) is 0 Å². The Morgan fingerprint density at radius 1 is 1.28 bits per heavy atom. The molecule has 25 heavy (non-hydrogen) atoms. The fourth-order valence-electron chi connectivity index (χ4n) is 2.04. The first-order valence-electron chi connectivity index (χ1n) is 7.33. The lowest BCUT2D eigenvalue weighted by molar-refractivity contribution is -0.159. The summed E-state index contributed by atoms with van der Waals surface area (Å²) in [5, 5.41) is 5.77. The second kappa shape index (κ2) is 8.06. The maximum Gasteiger partial charge on any atom is 0.471 e. The maximum absolute atomic E-state index is 12.8. The Morgan fingerprint density at radius 3 is 2.56 bits per heavy atom. The molecule has 6 nitrogen and oxygen atoms in total. The fraction of sp³-hybridized carbons (Fsp3) is 0.400. The number of benzene rings is 1. The molecule has 0 spiro atoms. The quantitative estimate of drug-likeness (QED) is 0.765. The molecule has 0 radical (unpaired) electrons. The zero-order chi connectivity index (χ0) is 18.4. The van der Waals surface area contributed by atoms with Gasteiger partial charge in [0, 0.05) is 19.5 Å². The van der Waals surface area contributed by atoms with E-state index in [0.29, 0.717) is 6.54 Å². The summed E-state index contributed by atoms with van der Waals surface area (Å²) in [5.74, 6) is -2.18. The Bertz CT molecular complexity index is 700. The molecule has 0 aliphatic heterocycles. The SMILES string of the molecule is CN(CC(=O)NCCc1noc(C(F)(F)F)n1)Cc1ccc(F)cc1. The molecular formula is C15H16F4N4O2. The zero-order valence-electron chi connectivity index (χ0n) is 13.3. The first-order valence-corrected chi connectivity index (χ1v) is 7.33. The summed E-state index contributed by atoms with van der Waals surface area (Å²) < 4.78 is 53.8. The van der Waals surface area contributed by atoms with Gasteiger partial charge in [0.05, 0.1) is 6.54 Å². The van der Waals surface area contributed by atoms with Gasteiger partial charge >= 0.3 is 12.1 Å². The van der Waals surface area contributed by atoms with Crippen molar-refractivity contribution in [3.8, 4) is 0 Å². The van der Waals surface area contributed by atoms with E-state index in [1.165, 1.54) is 12.1 Å². The second-order valence-corrected chi connectivity index (χ2v) is 5.41. The van der Waals surface area contributed by atoms with E-state index in [1.54, 1.807) is 24.1 Å². The van der Waals surface area contributed by atoms with E-state index in [-0.39, 0.29) is 37.1 Å². The van der Waals surface area contributed by atoms with Crippen molar-refractivity contribution in [3.63, 3.8) is 0 Å². The first-order chi connectivity index (χ1) is 11.7. The number of carbonyl (C=O) groups is 1. The first kappa shape index (κ1) is 18.8. The van der Waals surface area contributed by atoms with Crippen molar-refractivity contribution in [2.45, 2.75) is 19.1 Å². The van der Waals surface area contributed by atoms with Crippen LogP contribution in [0, 0.1) is 5.82 Å². The van der Waals surface area contributed by atoms with E-state index in [1.807, 2.05) is 0 Å². The molecule has 0 saturated heterocycles. The molecule has 10 heteroatoms. The maximum atomic E-state index is 12.8. The number of amides is 1. The van der Waals surface area contributed by atoms with Crippen LogP contribution in [0.25, 0.3) is 0 Å². The number of nitrogens with one attached hydrogen (secondary N) is 1. The van der Waals surface area contributed by atoms with Gasteiger partial charge in [-0.2, -0.15) is 18.2 Å². The average molecular weight is 360 g/mol. The Labute approximate surface area is 140 Å². The Balaban J connectivity index is 1.71. The molecule has 0 atom stereocenters. The third-order valence-corrected chi connectivity index (χ3v) is 3.16. The van der Waals surface area contributed by atoms with E-state index in [2.05, 4.69) is 20.0 Å². The average Bonchev–Trinajstić information content (AvgIpc) is 2.98. The summed E-state index contributed by atoms with van der Waals surface area (Å²) in [5.41, 5.74) is 0.850. The van der Waals surface area contributed by atoms with Gasteiger partial charge in [0.1, 0.15) is 5.82 Å². The molecule has 2 rings (SSSR count). The zero-order valence-corrected chi connectivity index (χ0v) is 13.3. The van der Waals surface area contributed by atoms with E-state index < -0.39 is 12.1 Å². The molecule has 0 bridgehead atoms. The minimum absolute atomic E-state index is 0.0208. The van der Waals surface area contributed by atoms with Gasteiger partial charge in [0.2, 0.25) is 5.91 Å². The highest BCUT2D eigenvalue weighted by atomic mass is 19.4. The summed E-state index contributed by atoms with van der Waals surface area (Å²) in [6, 6.07) is 5.92. The van der Waals surface area contributed by atoms with Crippen LogP contribution in [-0.4, -0.2) is 41.1 Å². The number of rotatable bonds is 7. The van der Waals surface area contributed by atoms with Gasteiger partial charge in [-0.3, -0.25) is 9.69 Å². The molecule has 0 unspecified atom stereocenters. The van der Waals surface area contributed by atoms with Crippen LogP contribution in [0.1, 0.15) is 17.3 Å². The number of likely N-dealkylation sites (N-methyl/N-ethyl adjacent to an activating group) is 1. The van der Waals surface area contributed by atoms with Crippen LogP contribution in [-0.2, 0) is 23.9 Å². The molecule has 1 heterocycles. The van der Waals surface area contributed by atoms with Gasteiger partial charge in [-0.25, -0.2) is 4.39 Å². The smallest absolute Gasteiger partial charge is 0.355 e. The third-order valence-electron chi connectivity index (χ3n) is 3.16. The molecule has 0 aliphatic rings. The molecule has 0 fully saturated rings. The molecule has 1 aromatic carbocycles. The monoisotopic (exact) mass is 360 g/mol. The van der Waals surface area contributed by atoms with Gasteiger partial charge in [-0.15, -0.1) is 0 Å². The van der Waals surface area contributed by atoms with Crippen molar-refractivity contribution in [1.82, 2.24) is 20.4 Å². The Morgan fingerprint density at radius 2 is 1.96 bits per heavy atom. The standard InChI is InChI=1S/C15H16F4N4O2/c1-23(8-10-2-4-11(16)5-3-10)9-13(24)20-7-6-12-21-14(25-22-12)15(17,18)19/h2-5H,6-9H2,1H3,(H,20,24). The van der Waals surface area contributed by atoms with Gasteiger partial charge in [0.25, 0.3) is 0 Å². The van der Waals surface area contributed by atoms with Gasteiger partial charge in [-0.1, -0.05) is 17.3 Å². The second-order valence-electron chi connectivity index (χ2n) is 5.41. The lowest BCUT2D eigenvalue weighted by atomic mass is 10.2. The fourth-order valence-corrected chi connectivity index (χ4v) is 2.04. The summed E-state index contributed by atoms with van der Waals surface area (Å²) in [6.45, 7) is 0.616. The molecule has 136 valence electrons. The highest BCUT2D eigenvalue weighted by Gasteiger charge is 2.38. The summed E-state index contributed by atoms with van der Waals surface area (Å²) in [7, 11) is 1.72. The molecule has 1 aromatic heterocycles. The number of alkyl halides is 3. The lowest BCUT2D eigenvalue weighted by Crippen LogP contribution is -2.35. The number of nitrogens with zero attached hydrogens (tertiary/aromatic N) is 3. The van der Waals surface area contributed by atoms with Gasteiger partial charge < -0.3 is 9.84 Å². The number of carbonyl (C=O) groups excluding carboxylic acids is 1. The molecule has 0 aliphatic carbocycles. The van der Waals surface area contributed by atoms with Crippen LogP contribution in [0.4, 0.5) is 17.6 Å². The van der Waals surface area contributed by atoms with Crippen molar-refractivity contribution in [3.05, 3.63) is 47.4 Å². The highest BCUT2D eigenvalue weighted by molar-refractivity contribution is 5.77. The van der Waals surface area contributed by atoms with Crippen molar-refractivity contribution in [2.75, 3.05) is 20.1 Å². The minimum atomic E-state index is -4.68. The van der Waals surface area contributed by atoms with Crippen LogP contribution >= 0.6 is 0 Å². The summed E-state index contributed by atoms with van der Waals surface area (Å²) >= 11 is 0. The van der Waals surface area contributed by atoms with Crippen LogP contribution in [0.3, 0.4) is 0 Å². The number of hydrogen-bond acceptors (Lipinski definition) is 5. The molecule has 1 amide bonds. The third kappa shape index (κ3) is 6.14. The molecule has 2 aromatic rings. The van der Waals surface area contributed by atoms with E-state index in [9.17, 15) is 22.4 Å². The number of halogens is 4. The van der Waals surface area contributed by atoms with Gasteiger partial charge in [-0.05, 0) is 24.7 Å². The van der Waals surface area contributed by atoms with Gasteiger partial charge in [0.15, 0.2) is 5.82 Å². The van der Waals surface area contributed by atoms with E-state index >= 15 is 0 Å². The summed E-state index contributed by atoms with van der Waals surface area (Å²) in [4.78, 5) is 16.7. The predicted molar refractivity (Wildman–Crippen MR) is 78.7 cm³/mol. The van der Waals surface area contributed by atoms with Crippen LogP contribution in [0.2, 0.25) is 0 Å². The minimum Gasteiger partial charge on any atom is -0.355 e. The molecule has 1 N–H and O–H groups in total. The van der Waals surface area contributed by atoms with Crippen LogP contribution in [0.15, 0.2) is 28.8 Å². The number of hydrogen-bond donors (Lipinski definition) is 1. The Kier molecular flexibility index (Phi) is 6.07. The molecule has 0 saturated carbocycles. The van der Waals surface area contributed by atoms with Crippen molar-refractivity contribution >= 4 is 5.91 Å². The van der Waals surface area contributed by atoms with Crippen LogP contribution in [0.5, 0.6) is 0 Å². The van der Waals surface area contributed by atoms with Crippen LogP contribution < -0.4 is 5.32 Å². The normalized spacial score (nSPS) is 11.8. The number of aromatic nitrogens is 2. The lowest BCUT2D eigenvalue weighted by Gasteiger charge is -2.16. The predicted octanol–water partition coefficient (Wildman–Crippen LogP) is 2.02. The Hall–Kier alpha value is -2.49. The topological polar surface area (TPSA) is 71.3 Å².